The average Bonchev–Trinajstić information content (AvgIpc) is 3.46. The van der Waals surface area contributed by atoms with Crippen LogP contribution in [0.3, 0.4) is 0 Å². The Balaban J connectivity index is 1.51. The molecule has 0 spiro atoms. The topological polar surface area (TPSA) is 70.6 Å². The molecule has 2 aliphatic carbocycles. The molecule has 2 aliphatic rings. The van der Waals surface area contributed by atoms with Gasteiger partial charge in [-0.3, -0.25) is 0 Å². The number of aliphatic hydroxyl groups excluding tert-OH is 1. The van der Waals surface area contributed by atoms with Crippen molar-refractivity contribution in [3.63, 3.8) is 0 Å². The average molecular weight is 346 g/mol. The summed E-state index contributed by atoms with van der Waals surface area (Å²) in [4.78, 5) is 12.3. The van der Waals surface area contributed by atoms with Gasteiger partial charge in [0.25, 0.3) is 0 Å². The fraction of sp³-hybridized carbons (Fsp3) is 0.650. The molecule has 138 valence electrons. The van der Waals surface area contributed by atoms with E-state index >= 15 is 0 Å². The number of urea groups is 1. The van der Waals surface area contributed by atoms with E-state index in [9.17, 15) is 9.90 Å². The maximum Gasteiger partial charge on any atom is 0.319 e. The van der Waals surface area contributed by atoms with Crippen molar-refractivity contribution >= 4 is 11.7 Å². The largest absolute Gasteiger partial charge is 0.394 e. The smallest absolute Gasteiger partial charge is 0.319 e. The van der Waals surface area contributed by atoms with Crippen molar-refractivity contribution < 1.29 is 14.6 Å². The quantitative estimate of drug-likeness (QED) is 0.703. The van der Waals surface area contributed by atoms with Gasteiger partial charge in [-0.1, -0.05) is 31.4 Å². The second kappa shape index (κ2) is 8.19. The number of aliphatic hydroxyl groups is 1. The summed E-state index contributed by atoms with van der Waals surface area (Å²) in [6.07, 6.45) is 8.65. The minimum atomic E-state index is -0.536. The SMILES string of the molecule is CC(CO)(NC(=O)Nc1cccc(COC2CCCCC2)c1)C1CC1. The monoisotopic (exact) mass is 346 g/mol. The van der Waals surface area contributed by atoms with E-state index in [0.29, 0.717) is 18.6 Å². The molecule has 5 heteroatoms. The lowest BCUT2D eigenvalue weighted by molar-refractivity contribution is 0.0169. The van der Waals surface area contributed by atoms with Gasteiger partial charge in [-0.05, 0) is 56.2 Å². The molecule has 0 saturated heterocycles. The molecule has 5 nitrogen and oxygen atoms in total. The normalized spacial score (nSPS) is 20.7. The van der Waals surface area contributed by atoms with Crippen LogP contribution in [0.15, 0.2) is 24.3 Å². The minimum absolute atomic E-state index is 0.0413. The highest BCUT2D eigenvalue weighted by atomic mass is 16.5. The lowest BCUT2D eigenvalue weighted by Gasteiger charge is -2.28. The summed E-state index contributed by atoms with van der Waals surface area (Å²) in [5, 5.41) is 15.4. The highest BCUT2D eigenvalue weighted by molar-refractivity contribution is 5.89. The molecular formula is C20H30N2O3. The van der Waals surface area contributed by atoms with E-state index < -0.39 is 5.54 Å². The first-order valence-electron chi connectivity index (χ1n) is 9.49. The van der Waals surface area contributed by atoms with E-state index in [0.717, 1.165) is 36.9 Å². The van der Waals surface area contributed by atoms with Gasteiger partial charge in [0.2, 0.25) is 0 Å². The molecule has 2 saturated carbocycles. The van der Waals surface area contributed by atoms with E-state index in [-0.39, 0.29) is 12.6 Å². The number of ether oxygens (including phenoxy) is 1. The molecule has 1 atom stereocenters. The van der Waals surface area contributed by atoms with Crippen molar-refractivity contribution in [2.45, 2.75) is 70.1 Å². The van der Waals surface area contributed by atoms with Gasteiger partial charge < -0.3 is 20.5 Å². The molecule has 0 aromatic heterocycles. The van der Waals surface area contributed by atoms with Gasteiger partial charge in [0.05, 0.1) is 24.9 Å². The standard InChI is InChI=1S/C20H30N2O3/c1-20(14-23,16-10-11-16)22-19(24)21-17-7-5-6-15(12-17)13-25-18-8-3-2-4-9-18/h5-7,12,16,18,23H,2-4,8-11,13-14H2,1H3,(H2,21,22,24). The van der Waals surface area contributed by atoms with Crippen LogP contribution in [0, 0.1) is 5.92 Å². The van der Waals surface area contributed by atoms with Crippen LogP contribution in [0.1, 0.15) is 57.4 Å². The Morgan fingerprint density at radius 3 is 2.68 bits per heavy atom. The van der Waals surface area contributed by atoms with Crippen LogP contribution >= 0.6 is 0 Å². The molecule has 25 heavy (non-hydrogen) atoms. The van der Waals surface area contributed by atoms with E-state index in [1.165, 1.54) is 19.3 Å². The van der Waals surface area contributed by atoms with Crippen molar-refractivity contribution in [3.8, 4) is 0 Å². The molecule has 3 rings (SSSR count). The molecule has 1 aromatic carbocycles. The highest BCUT2D eigenvalue weighted by Crippen LogP contribution is 2.39. The molecule has 3 N–H and O–H groups in total. The Hall–Kier alpha value is -1.59. The summed E-state index contributed by atoms with van der Waals surface area (Å²) >= 11 is 0. The third kappa shape index (κ3) is 5.19. The summed E-state index contributed by atoms with van der Waals surface area (Å²) in [6, 6.07) is 7.51. The van der Waals surface area contributed by atoms with Crippen molar-refractivity contribution in [2.24, 2.45) is 5.92 Å². The van der Waals surface area contributed by atoms with Gasteiger partial charge in [0.1, 0.15) is 0 Å². The van der Waals surface area contributed by atoms with Crippen LogP contribution in [0.25, 0.3) is 0 Å². The van der Waals surface area contributed by atoms with Crippen LogP contribution in [-0.4, -0.2) is 29.4 Å². The maximum atomic E-state index is 12.3. The van der Waals surface area contributed by atoms with Gasteiger partial charge in [0, 0.05) is 5.69 Å². The number of amides is 2. The van der Waals surface area contributed by atoms with Gasteiger partial charge in [0.15, 0.2) is 0 Å². The van der Waals surface area contributed by atoms with E-state index in [1.807, 2.05) is 31.2 Å². The van der Waals surface area contributed by atoms with Crippen molar-refractivity contribution in [1.82, 2.24) is 5.32 Å². The second-order valence-corrected chi connectivity index (χ2v) is 7.70. The van der Waals surface area contributed by atoms with Gasteiger partial charge in [-0.2, -0.15) is 0 Å². The number of carbonyl (C=O) groups is 1. The molecule has 1 unspecified atom stereocenters. The Morgan fingerprint density at radius 2 is 2.00 bits per heavy atom. The fourth-order valence-corrected chi connectivity index (χ4v) is 3.60. The fourth-order valence-electron chi connectivity index (χ4n) is 3.60. The van der Waals surface area contributed by atoms with Gasteiger partial charge in [-0.15, -0.1) is 0 Å². The van der Waals surface area contributed by atoms with Crippen LogP contribution in [0.5, 0.6) is 0 Å². The molecule has 0 radical (unpaired) electrons. The Kier molecular flexibility index (Phi) is 5.97. The first kappa shape index (κ1) is 18.2. The van der Waals surface area contributed by atoms with Crippen molar-refractivity contribution in [1.29, 1.82) is 0 Å². The molecule has 0 aliphatic heterocycles. The number of hydrogen-bond acceptors (Lipinski definition) is 3. The Bertz CT molecular complexity index is 582. The Morgan fingerprint density at radius 1 is 1.24 bits per heavy atom. The summed E-state index contributed by atoms with van der Waals surface area (Å²) < 4.78 is 6.01. The molecular weight excluding hydrogens is 316 g/mol. The zero-order chi connectivity index (χ0) is 17.7. The molecule has 2 amide bonds. The summed E-state index contributed by atoms with van der Waals surface area (Å²) in [6.45, 7) is 2.44. The number of anilines is 1. The van der Waals surface area contributed by atoms with Crippen LogP contribution in [0.2, 0.25) is 0 Å². The first-order chi connectivity index (χ1) is 12.1. The second-order valence-electron chi connectivity index (χ2n) is 7.70. The van der Waals surface area contributed by atoms with Crippen LogP contribution in [0.4, 0.5) is 10.5 Å². The third-order valence-corrected chi connectivity index (χ3v) is 5.43. The van der Waals surface area contributed by atoms with E-state index in [2.05, 4.69) is 10.6 Å². The van der Waals surface area contributed by atoms with Crippen molar-refractivity contribution in [2.75, 3.05) is 11.9 Å². The molecule has 2 fully saturated rings. The summed E-state index contributed by atoms with van der Waals surface area (Å²) in [5.41, 5.74) is 1.28. The zero-order valence-electron chi connectivity index (χ0n) is 15.1. The minimum Gasteiger partial charge on any atom is -0.394 e. The first-order valence-corrected chi connectivity index (χ1v) is 9.49. The highest BCUT2D eigenvalue weighted by Gasteiger charge is 2.42. The van der Waals surface area contributed by atoms with Gasteiger partial charge in [-0.25, -0.2) is 4.79 Å². The summed E-state index contributed by atoms with van der Waals surface area (Å²) in [7, 11) is 0. The lowest BCUT2D eigenvalue weighted by Crippen LogP contribution is -2.52. The molecule has 0 bridgehead atoms. The number of carbonyl (C=O) groups excluding carboxylic acids is 1. The lowest BCUT2D eigenvalue weighted by atomic mass is 9.97. The molecule has 1 aromatic rings. The maximum absolute atomic E-state index is 12.3. The number of hydrogen-bond donors (Lipinski definition) is 3. The zero-order valence-corrected chi connectivity index (χ0v) is 15.1. The van der Waals surface area contributed by atoms with E-state index in [1.54, 1.807) is 0 Å². The van der Waals surface area contributed by atoms with Crippen LogP contribution in [-0.2, 0) is 11.3 Å². The van der Waals surface area contributed by atoms with Crippen LogP contribution < -0.4 is 10.6 Å². The number of rotatable bonds is 7. The predicted molar refractivity (Wildman–Crippen MR) is 98.5 cm³/mol. The Labute approximate surface area is 150 Å². The number of benzene rings is 1. The van der Waals surface area contributed by atoms with Crippen molar-refractivity contribution in [3.05, 3.63) is 29.8 Å². The molecule has 0 heterocycles. The number of nitrogens with one attached hydrogen (secondary N) is 2. The van der Waals surface area contributed by atoms with Gasteiger partial charge >= 0.3 is 6.03 Å². The summed E-state index contributed by atoms with van der Waals surface area (Å²) in [5.74, 6) is 0.374. The van der Waals surface area contributed by atoms with E-state index in [4.69, 9.17) is 4.74 Å². The predicted octanol–water partition coefficient (Wildman–Crippen LogP) is 3.82. The third-order valence-electron chi connectivity index (χ3n) is 5.43.